The number of halogens is 2. The predicted octanol–water partition coefficient (Wildman–Crippen LogP) is 3.27. The largest absolute Gasteiger partial charge is 0.490 e. The molecule has 0 fully saturated rings. The molecule has 0 atom stereocenters. The quantitative estimate of drug-likeness (QED) is 0.743. The molecular formula is C18H19F2NO3. The Hall–Kier alpha value is -2.63. The molecule has 2 rings (SSSR count). The number of hydrogen-bond donors (Lipinski definition) is 0. The summed E-state index contributed by atoms with van der Waals surface area (Å²) >= 11 is 0. The van der Waals surface area contributed by atoms with Crippen LogP contribution in [-0.4, -0.2) is 37.6 Å². The van der Waals surface area contributed by atoms with Crippen molar-refractivity contribution < 1.29 is 23.0 Å². The molecule has 0 saturated heterocycles. The molecule has 0 N–H and O–H groups in total. The highest BCUT2D eigenvalue weighted by molar-refractivity contribution is 5.75. The van der Waals surface area contributed by atoms with Gasteiger partial charge >= 0.3 is 0 Å². The summed E-state index contributed by atoms with van der Waals surface area (Å²) in [5.41, 5.74) is 0. The first-order chi connectivity index (χ1) is 11.6. The third-order valence-electron chi connectivity index (χ3n) is 3.36. The summed E-state index contributed by atoms with van der Waals surface area (Å²) in [7, 11) is 1.62. The Kier molecular flexibility index (Phi) is 6.54. The fourth-order valence-electron chi connectivity index (χ4n) is 1.98. The number of carbonyl (C=O) groups is 1. The molecule has 0 heterocycles. The Morgan fingerprint density at radius 2 is 1.42 bits per heavy atom. The Bertz CT molecular complexity index is 679. The van der Waals surface area contributed by atoms with E-state index in [4.69, 9.17) is 9.47 Å². The van der Waals surface area contributed by atoms with Gasteiger partial charge in [0.25, 0.3) is 0 Å². The van der Waals surface area contributed by atoms with Crippen LogP contribution in [0.25, 0.3) is 0 Å². The van der Waals surface area contributed by atoms with Gasteiger partial charge in [0, 0.05) is 7.05 Å². The topological polar surface area (TPSA) is 38.8 Å². The molecule has 0 spiro atoms. The van der Waals surface area contributed by atoms with E-state index in [9.17, 15) is 13.6 Å². The molecule has 2 aromatic carbocycles. The van der Waals surface area contributed by atoms with Gasteiger partial charge in [-0.1, -0.05) is 24.3 Å². The number of para-hydroxylation sites is 2. The maximum Gasteiger partial charge on any atom is 0.225 e. The molecule has 6 heteroatoms. The first-order valence-electron chi connectivity index (χ1n) is 7.56. The minimum absolute atomic E-state index is 0.0816. The first kappa shape index (κ1) is 17.7. The van der Waals surface area contributed by atoms with Crippen molar-refractivity contribution in [1.82, 2.24) is 4.90 Å². The lowest BCUT2D eigenvalue weighted by molar-refractivity contribution is -0.130. The van der Waals surface area contributed by atoms with E-state index in [1.807, 2.05) is 0 Å². The summed E-state index contributed by atoms with van der Waals surface area (Å²) in [5, 5.41) is 0. The molecule has 128 valence electrons. The van der Waals surface area contributed by atoms with Crippen LogP contribution in [0.3, 0.4) is 0 Å². The first-order valence-corrected chi connectivity index (χ1v) is 7.56. The number of nitrogens with zero attached hydrogens (tertiary/aromatic N) is 1. The second kappa shape index (κ2) is 8.86. The van der Waals surface area contributed by atoms with E-state index in [2.05, 4.69) is 0 Å². The van der Waals surface area contributed by atoms with Gasteiger partial charge in [-0.15, -0.1) is 0 Å². The Labute approximate surface area is 139 Å². The van der Waals surface area contributed by atoms with E-state index >= 15 is 0 Å². The summed E-state index contributed by atoms with van der Waals surface area (Å²) in [6.45, 7) is 0.572. The van der Waals surface area contributed by atoms with Crippen molar-refractivity contribution in [3.8, 4) is 11.5 Å². The van der Waals surface area contributed by atoms with Crippen LogP contribution in [0.4, 0.5) is 8.78 Å². The minimum atomic E-state index is -0.461. The van der Waals surface area contributed by atoms with E-state index in [0.29, 0.717) is 6.54 Å². The Morgan fingerprint density at radius 3 is 1.96 bits per heavy atom. The van der Waals surface area contributed by atoms with Crippen LogP contribution in [-0.2, 0) is 4.79 Å². The summed E-state index contributed by atoms with van der Waals surface area (Å²) in [6, 6.07) is 12.1. The second-order valence-corrected chi connectivity index (χ2v) is 5.12. The molecule has 0 aliphatic heterocycles. The molecule has 24 heavy (non-hydrogen) atoms. The smallest absolute Gasteiger partial charge is 0.225 e. The third kappa shape index (κ3) is 5.22. The van der Waals surface area contributed by atoms with Crippen molar-refractivity contribution in [2.45, 2.75) is 6.42 Å². The van der Waals surface area contributed by atoms with Crippen molar-refractivity contribution in [3.05, 3.63) is 60.2 Å². The van der Waals surface area contributed by atoms with Crippen molar-refractivity contribution in [2.24, 2.45) is 0 Å². The maximum atomic E-state index is 13.4. The fourth-order valence-corrected chi connectivity index (χ4v) is 1.98. The van der Waals surface area contributed by atoms with Gasteiger partial charge in [0.1, 0.15) is 6.61 Å². The molecule has 1 amide bonds. The molecule has 0 saturated carbocycles. The lowest BCUT2D eigenvalue weighted by Crippen LogP contribution is -2.31. The highest BCUT2D eigenvalue weighted by atomic mass is 19.1. The minimum Gasteiger partial charge on any atom is -0.490 e. The van der Waals surface area contributed by atoms with E-state index < -0.39 is 11.6 Å². The average molecular weight is 335 g/mol. The number of likely N-dealkylation sites (N-methyl/N-ethyl adjacent to an activating group) is 1. The summed E-state index contributed by atoms with van der Waals surface area (Å²) in [6.07, 6.45) is 0.116. The zero-order valence-electron chi connectivity index (χ0n) is 13.4. The van der Waals surface area contributed by atoms with E-state index in [-0.39, 0.29) is 37.0 Å². The van der Waals surface area contributed by atoms with Gasteiger partial charge in [-0.05, 0) is 24.3 Å². The van der Waals surface area contributed by atoms with Crippen LogP contribution >= 0.6 is 0 Å². The SMILES string of the molecule is CN(CCOc1ccccc1F)C(=O)CCOc1ccccc1F. The number of benzene rings is 2. The zero-order valence-corrected chi connectivity index (χ0v) is 13.4. The van der Waals surface area contributed by atoms with Crippen LogP contribution in [0.5, 0.6) is 11.5 Å². The Morgan fingerprint density at radius 1 is 0.917 bits per heavy atom. The Balaban J connectivity index is 1.69. The standard InChI is InChI=1S/C18H19F2NO3/c1-21(11-13-24-17-9-5-3-7-15(17)20)18(22)10-12-23-16-8-4-2-6-14(16)19/h2-9H,10-13H2,1H3. The molecule has 0 aliphatic rings. The third-order valence-corrected chi connectivity index (χ3v) is 3.36. The maximum absolute atomic E-state index is 13.4. The highest BCUT2D eigenvalue weighted by Gasteiger charge is 2.10. The molecule has 4 nitrogen and oxygen atoms in total. The van der Waals surface area contributed by atoms with Crippen molar-refractivity contribution >= 4 is 5.91 Å². The molecular weight excluding hydrogens is 316 g/mol. The van der Waals surface area contributed by atoms with E-state index in [0.717, 1.165) is 0 Å². The van der Waals surface area contributed by atoms with Crippen molar-refractivity contribution in [1.29, 1.82) is 0 Å². The zero-order chi connectivity index (χ0) is 17.4. The van der Waals surface area contributed by atoms with E-state index in [1.54, 1.807) is 31.3 Å². The van der Waals surface area contributed by atoms with Crippen LogP contribution < -0.4 is 9.47 Å². The van der Waals surface area contributed by atoms with Crippen molar-refractivity contribution in [3.63, 3.8) is 0 Å². The molecule has 0 aliphatic carbocycles. The van der Waals surface area contributed by atoms with Crippen LogP contribution in [0.1, 0.15) is 6.42 Å². The van der Waals surface area contributed by atoms with E-state index in [1.165, 1.54) is 29.2 Å². The molecule has 0 unspecified atom stereocenters. The van der Waals surface area contributed by atoms with Crippen LogP contribution in [0.15, 0.2) is 48.5 Å². The molecule has 0 aromatic heterocycles. The molecule has 0 radical (unpaired) electrons. The number of amides is 1. The van der Waals surface area contributed by atoms with Gasteiger partial charge in [0.15, 0.2) is 23.1 Å². The van der Waals surface area contributed by atoms with Gasteiger partial charge in [-0.3, -0.25) is 4.79 Å². The normalized spacial score (nSPS) is 10.3. The summed E-state index contributed by atoms with van der Waals surface area (Å²) in [4.78, 5) is 13.4. The van der Waals surface area contributed by atoms with Gasteiger partial charge in [0.05, 0.1) is 19.6 Å². The van der Waals surface area contributed by atoms with Gasteiger partial charge in [-0.2, -0.15) is 0 Å². The number of carbonyl (C=O) groups excluding carboxylic acids is 1. The highest BCUT2D eigenvalue weighted by Crippen LogP contribution is 2.16. The number of hydrogen-bond acceptors (Lipinski definition) is 3. The lowest BCUT2D eigenvalue weighted by Gasteiger charge is -2.18. The van der Waals surface area contributed by atoms with Gasteiger partial charge in [0.2, 0.25) is 5.91 Å². The predicted molar refractivity (Wildman–Crippen MR) is 86.0 cm³/mol. The van der Waals surface area contributed by atoms with Crippen LogP contribution in [0.2, 0.25) is 0 Å². The number of rotatable bonds is 8. The average Bonchev–Trinajstić information content (AvgIpc) is 2.58. The lowest BCUT2D eigenvalue weighted by atomic mass is 10.3. The number of ether oxygens (including phenoxy) is 2. The van der Waals surface area contributed by atoms with Crippen molar-refractivity contribution in [2.75, 3.05) is 26.8 Å². The molecule has 0 bridgehead atoms. The fraction of sp³-hybridized carbons (Fsp3) is 0.278. The van der Waals surface area contributed by atoms with Crippen LogP contribution in [0, 0.1) is 11.6 Å². The monoisotopic (exact) mass is 335 g/mol. The summed E-state index contributed by atoms with van der Waals surface area (Å²) < 4.78 is 37.3. The van der Waals surface area contributed by atoms with Gasteiger partial charge < -0.3 is 14.4 Å². The summed E-state index contributed by atoms with van der Waals surface area (Å²) in [5.74, 6) is -0.790. The second-order valence-electron chi connectivity index (χ2n) is 5.12. The van der Waals surface area contributed by atoms with Gasteiger partial charge in [-0.25, -0.2) is 8.78 Å². The molecule has 2 aromatic rings.